The Morgan fingerprint density at radius 2 is 2.13 bits per heavy atom. The quantitative estimate of drug-likeness (QED) is 0.695. The third-order valence-corrected chi connectivity index (χ3v) is 2.14. The zero-order chi connectivity index (χ0) is 11.3. The molecule has 0 aliphatic rings. The molecule has 0 N–H and O–H groups in total. The SMILES string of the molecule is Cc1ccncc1CCN=CC(C)(C)C. The van der Waals surface area contributed by atoms with E-state index in [0.717, 1.165) is 13.0 Å². The molecule has 2 nitrogen and oxygen atoms in total. The lowest BCUT2D eigenvalue weighted by atomic mass is 9.99. The van der Waals surface area contributed by atoms with Crippen molar-refractivity contribution in [2.24, 2.45) is 10.4 Å². The smallest absolute Gasteiger partial charge is 0.0426 e. The molecule has 0 radical (unpaired) electrons. The fourth-order valence-corrected chi connectivity index (χ4v) is 1.28. The van der Waals surface area contributed by atoms with Crippen molar-refractivity contribution >= 4 is 6.21 Å². The first-order valence-electron chi connectivity index (χ1n) is 5.39. The van der Waals surface area contributed by atoms with E-state index in [2.05, 4.69) is 37.7 Å². The van der Waals surface area contributed by atoms with Crippen LogP contribution in [0.15, 0.2) is 23.5 Å². The van der Waals surface area contributed by atoms with E-state index in [1.807, 2.05) is 24.7 Å². The Morgan fingerprint density at radius 1 is 1.40 bits per heavy atom. The molecular formula is C13H20N2. The summed E-state index contributed by atoms with van der Waals surface area (Å²) in [6.07, 6.45) is 6.77. The molecule has 0 fully saturated rings. The van der Waals surface area contributed by atoms with Crippen molar-refractivity contribution in [2.45, 2.75) is 34.1 Å². The van der Waals surface area contributed by atoms with E-state index >= 15 is 0 Å². The van der Waals surface area contributed by atoms with Crippen LogP contribution in [0.25, 0.3) is 0 Å². The van der Waals surface area contributed by atoms with Gasteiger partial charge in [0.2, 0.25) is 0 Å². The molecule has 1 aromatic rings. The zero-order valence-electron chi connectivity index (χ0n) is 10.1. The predicted octanol–water partition coefficient (Wildman–Crippen LogP) is 3.05. The largest absolute Gasteiger partial charge is 0.297 e. The normalized spacial score (nSPS) is 12.3. The number of pyridine rings is 1. The van der Waals surface area contributed by atoms with Gasteiger partial charge in [-0.2, -0.15) is 0 Å². The van der Waals surface area contributed by atoms with Gasteiger partial charge in [-0.1, -0.05) is 20.8 Å². The van der Waals surface area contributed by atoms with E-state index in [-0.39, 0.29) is 5.41 Å². The zero-order valence-corrected chi connectivity index (χ0v) is 10.1. The van der Waals surface area contributed by atoms with E-state index in [0.29, 0.717) is 0 Å². The summed E-state index contributed by atoms with van der Waals surface area (Å²) in [6, 6.07) is 2.04. The Kier molecular flexibility index (Phi) is 4.01. The Labute approximate surface area is 92.5 Å². The van der Waals surface area contributed by atoms with E-state index in [1.165, 1.54) is 11.1 Å². The second-order valence-corrected chi connectivity index (χ2v) is 4.95. The Bertz CT molecular complexity index is 335. The number of hydrogen-bond acceptors (Lipinski definition) is 2. The molecule has 2 heteroatoms. The highest BCUT2D eigenvalue weighted by molar-refractivity contribution is 5.63. The van der Waals surface area contributed by atoms with Gasteiger partial charge in [0.05, 0.1) is 0 Å². The van der Waals surface area contributed by atoms with Crippen LogP contribution < -0.4 is 0 Å². The summed E-state index contributed by atoms with van der Waals surface area (Å²) in [7, 11) is 0. The second kappa shape index (κ2) is 5.06. The van der Waals surface area contributed by atoms with E-state index in [1.54, 1.807) is 0 Å². The van der Waals surface area contributed by atoms with Gasteiger partial charge in [-0.15, -0.1) is 0 Å². The Hall–Kier alpha value is -1.18. The molecule has 0 saturated heterocycles. The molecule has 0 saturated carbocycles. The van der Waals surface area contributed by atoms with Gasteiger partial charge in [0.1, 0.15) is 0 Å². The molecule has 82 valence electrons. The molecule has 0 spiro atoms. The van der Waals surface area contributed by atoms with Gasteiger partial charge in [0.25, 0.3) is 0 Å². The minimum Gasteiger partial charge on any atom is -0.297 e. The lowest BCUT2D eigenvalue weighted by Crippen LogP contribution is -2.07. The third-order valence-electron chi connectivity index (χ3n) is 2.14. The van der Waals surface area contributed by atoms with Gasteiger partial charge in [-0.05, 0) is 36.0 Å². The monoisotopic (exact) mass is 204 g/mol. The number of nitrogens with zero attached hydrogens (tertiary/aromatic N) is 2. The fourth-order valence-electron chi connectivity index (χ4n) is 1.28. The topological polar surface area (TPSA) is 25.2 Å². The first-order valence-corrected chi connectivity index (χ1v) is 5.39. The number of aromatic nitrogens is 1. The number of hydrogen-bond donors (Lipinski definition) is 0. The predicted molar refractivity (Wildman–Crippen MR) is 65.5 cm³/mol. The van der Waals surface area contributed by atoms with Crippen LogP contribution in [-0.2, 0) is 6.42 Å². The van der Waals surface area contributed by atoms with Gasteiger partial charge in [-0.25, -0.2) is 0 Å². The standard InChI is InChI=1S/C13H20N2/c1-11-5-7-14-9-12(11)6-8-15-10-13(2,3)4/h5,7,9-10H,6,8H2,1-4H3. The minimum absolute atomic E-state index is 0.185. The highest BCUT2D eigenvalue weighted by Crippen LogP contribution is 2.09. The molecule has 0 aliphatic carbocycles. The van der Waals surface area contributed by atoms with Crippen LogP contribution in [0, 0.1) is 12.3 Å². The lowest BCUT2D eigenvalue weighted by Gasteiger charge is -2.10. The Balaban J connectivity index is 2.45. The van der Waals surface area contributed by atoms with Gasteiger partial charge in [-0.3, -0.25) is 9.98 Å². The van der Waals surface area contributed by atoms with E-state index in [4.69, 9.17) is 0 Å². The molecular weight excluding hydrogens is 184 g/mol. The van der Waals surface area contributed by atoms with Crippen LogP contribution in [-0.4, -0.2) is 17.7 Å². The van der Waals surface area contributed by atoms with Gasteiger partial charge >= 0.3 is 0 Å². The van der Waals surface area contributed by atoms with Crippen LogP contribution in [0.4, 0.5) is 0 Å². The van der Waals surface area contributed by atoms with Crippen molar-refractivity contribution in [3.05, 3.63) is 29.6 Å². The second-order valence-electron chi connectivity index (χ2n) is 4.95. The highest BCUT2D eigenvalue weighted by Gasteiger charge is 2.04. The summed E-state index contributed by atoms with van der Waals surface area (Å²) in [4.78, 5) is 8.55. The van der Waals surface area contributed by atoms with E-state index < -0.39 is 0 Å². The molecule has 0 aromatic carbocycles. The summed E-state index contributed by atoms with van der Waals surface area (Å²) in [5.74, 6) is 0. The van der Waals surface area contributed by atoms with Gasteiger partial charge < -0.3 is 0 Å². The van der Waals surface area contributed by atoms with Crippen molar-refractivity contribution in [3.8, 4) is 0 Å². The summed E-state index contributed by atoms with van der Waals surface area (Å²) in [5.41, 5.74) is 2.78. The molecule has 0 bridgehead atoms. The molecule has 0 aliphatic heterocycles. The van der Waals surface area contributed by atoms with Crippen LogP contribution >= 0.6 is 0 Å². The summed E-state index contributed by atoms with van der Waals surface area (Å²) < 4.78 is 0. The molecule has 1 rings (SSSR count). The maximum Gasteiger partial charge on any atom is 0.0426 e. The van der Waals surface area contributed by atoms with Gasteiger partial charge in [0, 0.05) is 25.2 Å². The molecule has 0 amide bonds. The van der Waals surface area contributed by atoms with Crippen molar-refractivity contribution in [2.75, 3.05) is 6.54 Å². The molecule has 15 heavy (non-hydrogen) atoms. The maximum absolute atomic E-state index is 4.43. The Morgan fingerprint density at radius 3 is 2.73 bits per heavy atom. The van der Waals surface area contributed by atoms with Crippen LogP contribution in [0.1, 0.15) is 31.9 Å². The minimum atomic E-state index is 0.185. The number of rotatable bonds is 3. The van der Waals surface area contributed by atoms with Crippen LogP contribution in [0.3, 0.4) is 0 Å². The van der Waals surface area contributed by atoms with Crippen molar-refractivity contribution in [1.82, 2.24) is 4.98 Å². The van der Waals surface area contributed by atoms with Crippen molar-refractivity contribution in [3.63, 3.8) is 0 Å². The summed E-state index contributed by atoms with van der Waals surface area (Å²) in [5, 5.41) is 0. The number of aliphatic imine (C=N–C) groups is 1. The average Bonchev–Trinajstić information content (AvgIpc) is 2.13. The first kappa shape index (κ1) is 11.9. The average molecular weight is 204 g/mol. The lowest BCUT2D eigenvalue weighted by molar-refractivity contribution is 0.604. The maximum atomic E-state index is 4.43. The van der Waals surface area contributed by atoms with Crippen molar-refractivity contribution < 1.29 is 0 Å². The van der Waals surface area contributed by atoms with Crippen LogP contribution in [0.2, 0.25) is 0 Å². The summed E-state index contributed by atoms with van der Waals surface area (Å²) >= 11 is 0. The molecule has 1 heterocycles. The third kappa shape index (κ3) is 4.73. The fraction of sp³-hybridized carbons (Fsp3) is 0.538. The molecule has 1 aromatic heterocycles. The van der Waals surface area contributed by atoms with Crippen molar-refractivity contribution in [1.29, 1.82) is 0 Å². The summed E-state index contributed by atoms with van der Waals surface area (Å²) in [6.45, 7) is 9.44. The van der Waals surface area contributed by atoms with Gasteiger partial charge in [0.15, 0.2) is 0 Å². The number of aryl methyl sites for hydroxylation is 1. The first-order chi connectivity index (χ1) is 6.99. The highest BCUT2D eigenvalue weighted by atomic mass is 14.7. The molecule has 0 unspecified atom stereocenters. The van der Waals surface area contributed by atoms with Crippen LogP contribution in [0.5, 0.6) is 0 Å². The molecule has 0 atom stereocenters. The van der Waals surface area contributed by atoms with E-state index in [9.17, 15) is 0 Å².